The van der Waals surface area contributed by atoms with Crippen LogP contribution < -0.4 is 4.74 Å². The van der Waals surface area contributed by atoms with Gasteiger partial charge in [0.1, 0.15) is 11.4 Å². The molecule has 2 rings (SSSR count). The van der Waals surface area contributed by atoms with E-state index in [1.807, 2.05) is 12.1 Å². The lowest BCUT2D eigenvalue weighted by molar-refractivity contribution is 0.0685. The summed E-state index contributed by atoms with van der Waals surface area (Å²) in [7, 11) is 1.55. The van der Waals surface area contributed by atoms with E-state index >= 15 is 0 Å². The molecule has 0 bridgehead atoms. The molecule has 0 atom stereocenters. The third kappa shape index (κ3) is 2.04. The Morgan fingerprint density at radius 1 is 1.44 bits per heavy atom. The maximum Gasteiger partial charge on any atom is 0.352 e. The van der Waals surface area contributed by atoms with Gasteiger partial charge in [0, 0.05) is 18.5 Å². The van der Waals surface area contributed by atoms with Crippen LogP contribution in [0.15, 0.2) is 24.3 Å². The van der Waals surface area contributed by atoms with Crippen molar-refractivity contribution >= 4 is 16.9 Å². The highest BCUT2D eigenvalue weighted by Crippen LogP contribution is 2.29. The minimum Gasteiger partial charge on any atom is -0.495 e. The van der Waals surface area contributed by atoms with Crippen LogP contribution in [-0.4, -0.2) is 34.5 Å². The summed E-state index contributed by atoms with van der Waals surface area (Å²) in [6.07, 6.45) is 0.502. The predicted octanol–water partition coefficient (Wildman–Crippen LogP) is 1.73. The summed E-state index contributed by atoms with van der Waals surface area (Å²) in [6, 6.07) is 7.09. The predicted molar refractivity (Wildman–Crippen MR) is 67.2 cm³/mol. The van der Waals surface area contributed by atoms with E-state index in [1.54, 1.807) is 23.8 Å². The van der Waals surface area contributed by atoms with Crippen molar-refractivity contribution in [2.45, 2.75) is 13.0 Å². The molecule has 0 aliphatic carbocycles. The van der Waals surface area contributed by atoms with Gasteiger partial charge in [0.05, 0.1) is 12.6 Å². The second kappa shape index (κ2) is 5.10. The fraction of sp³-hybridized carbons (Fsp3) is 0.308. The van der Waals surface area contributed by atoms with Gasteiger partial charge in [-0.2, -0.15) is 0 Å². The van der Waals surface area contributed by atoms with Crippen LogP contribution in [0.5, 0.6) is 5.75 Å². The summed E-state index contributed by atoms with van der Waals surface area (Å²) in [5.74, 6) is -0.343. The number of hydrogen-bond donors (Lipinski definition) is 2. The van der Waals surface area contributed by atoms with Crippen LogP contribution in [0.1, 0.15) is 16.9 Å². The van der Waals surface area contributed by atoms with Crippen molar-refractivity contribution in [3.63, 3.8) is 0 Å². The Kier molecular flexibility index (Phi) is 3.53. The molecule has 5 heteroatoms. The van der Waals surface area contributed by atoms with E-state index < -0.39 is 5.97 Å². The van der Waals surface area contributed by atoms with Gasteiger partial charge in [-0.05, 0) is 18.6 Å². The first kappa shape index (κ1) is 12.4. The molecule has 1 heterocycles. The number of aliphatic hydroxyl groups excluding tert-OH is 1. The number of nitrogens with zero attached hydrogens (tertiary/aromatic N) is 1. The Labute approximate surface area is 104 Å². The number of ether oxygens (including phenoxy) is 1. The second-order valence-electron chi connectivity index (χ2n) is 3.96. The first-order valence-electron chi connectivity index (χ1n) is 5.69. The number of fused-ring (bicyclic) bond motifs is 1. The molecule has 0 spiro atoms. The smallest absolute Gasteiger partial charge is 0.352 e. The Morgan fingerprint density at radius 2 is 2.22 bits per heavy atom. The van der Waals surface area contributed by atoms with Crippen molar-refractivity contribution in [2.75, 3.05) is 13.7 Å². The summed E-state index contributed by atoms with van der Waals surface area (Å²) in [6.45, 7) is 0.468. The van der Waals surface area contributed by atoms with Crippen molar-refractivity contribution in [3.05, 3.63) is 30.0 Å². The maximum absolute atomic E-state index is 11.2. The summed E-state index contributed by atoms with van der Waals surface area (Å²) in [5.41, 5.74) is 0.966. The van der Waals surface area contributed by atoms with Gasteiger partial charge in [0.15, 0.2) is 0 Å². The Bertz CT molecular complexity index is 574. The number of carboxylic acid groups (broad SMARTS) is 1. The highest BCUT2D eigenvalue weighted by Gasteiger charge is 2.16. The van der Waals surface area contributed by atoms with Gasteiger partial charge in [0.2, 0.25) is 0 Å². The highest BCUT2D eigenvalue weighted by atomic mass is 16.5. The van der Waals surface area contributed by atoms with E-state index in [-0.39, 0.29) is 12.3 Å². The van der Waals surface area contributed by atoms with Crippen LogP contribution in [0.25, 0.3) is 10.9 Å². The maximum atomic E-state index is 11.2. The van der Waals surface area contributed by atoms with E-state index in [1.165, 1.54) is 0 Å². The summed E-state index contributed by atoms with van der Waals surface area (Å²) >= 11 is 0. The molecule has 1 aromatic carbocycles. The quantitative estimate of drug-likeness (QED) is 0.846. The average molecular weight is 249 g/mol. The normalized spacial score (nSPS) is 10.8. The summed E-state index contributed by atoms with van der Waals surface area (Å²) in [4.78, 5) is 11.2. The fourth-order valence-corrected chi connectivity index (χ4v) is 2.09. The standard InChI is InChI=1S/C13H15NO4/c1-18-11-5-2-4-9-8-10(13(16)17)14(12(9)11)6-3-7-15/h2,4-5,8,15H,3,6-7H2,1H3,(H,16,17). The zero-order valence-corrected chi connectivity index (χ0v) is 10.1. The van der Waals surface area contributed by atoms with Crippen molar-refractivity contribution in [2.24, 2.45) is 0 Å². The van der Waals surface area contributed by atoms with E-state index in [2.05, 4.69) is 0 Å². The number of methoxy groups -OCH3 is 1. The summed E-state index contributed by atoms with van der Waals surface area (Å²) < 4.78 is 6.94. The van der Waals surface area contributed by atoms with Crippen molar-refractivity contribution in [1.82, 2.24) is 4.57 Å². The van der Waals surface area contributed by atoms with E-state index in [0.29, 0.717) is 18.7 Å². The van der Waals surface area contributed by atoms with Gasteiger partial charge in [-0.15, -0.1) is 0 Å². The number of para-hydroxylation sites is 1. The molecular formula is C13H15NO4. The minimum absolute atomic E-state index is 0.0217. The molecule has 0 aliphatic heterocycles. The monoisotopic (exact) mass is 249 g/mol. The molecular weight excluding hydrogens is 234 g/mol. The van der Waals surface area contributed by atoms with E-state index in [9.17, 15) is 9.90 Å². The second-order valence-corrected chi connectivity index (χ2v) is 3.96. The number of aryl methyl sites for hydroxylation is 1. The lowest BCUT2D eigenvalue weighted by Gasteiger charge is -2.10. The first-order valence-corrected chi connectivity index (χ1v) is 5.69. The molecule has 18 heavy (non-hydrogen) atoms. The third-order valence-corrected chi connectivity index (χ3v) is 2.86. The number of rotatable bonds is 5. The number of aliphatic hydroxyl groups is 1. The zero-order chi connectivity index (χ0) is 13.1. The highest BCUT2D eigenvalue weighted by molar-refractivity contribution is 5.96. The molecule has 96 valence electrons. The third-order valence-electron chi connectivity index (χ3n) is 2.86. The SMILES string of the molecule is COc1cccc2cc(C(=O)O)n(CCCO)c12. The van der Waals surface area contributed by atoms with Crippen LogP contribution in [0.3, 0.4) is 0 Å². The molecule has 1 aromatic heterocycles. The van der Waals surface area contributed by atoms with Crippen LogP contribution in [0.4, 0.5) is 0 Å². The molecule has 0 fully saturated rings. The molecule has 0 amide bonds. The van der Waals surface area contributed by atoms with Crippen molar-refractivity contribution in [3.8, 4) is 5.75 Å². The number of hydrogen-bond acceptors (Lipinski definition) is 3. The lowest BCUT2D eigenvalue weighted by atomic mass is 10.2. The van der Waals surface area contributed by atoms with Crippen molar-refractivity contribution < 1.29 is 19.7 Å². The van der Waals surface area contributed by atoms with Gasteiger partial charge in [-0.3, -0.25) is 0 Å². The van der Waals surface area contributed by atoms with Gasteiger partial charge in [-0.1, -0.05) is 12.1 Å². The minimum atomic E-state index is -0.980. The van der Waals surface area contributed by atoms with Gasteiger partial charge in [-0.25, -0.2) is 4.79 Å². The van der Waals surface area contributed by atoms with Crippen LogP contribution in [-0.2, 0) is 6.54 Å². The van der Waals surface area contributed by atoms with Crippen LogP contribution >= 0.6 is 0 Å². The van der Waals surface area contributed by atoms with Crippen LogP contribution in [0.2, 0.25) is 0 Å². The Morgan fingerprint density at radius 3 is 2.83 bits per heavy atom. The number of aromatic carboxylic acids is 1. The Hall–Kier alpha value is -2.01. The summed E-state index contributed by atoms with van der Waals surface area (Å²) in [5, 5.41) is 18.9. The number of carbonyl (C=O) groups is 1. The molecule has 0 saturated heterocycles. The van der Waals surface area contributed by atoms with E-state index in [0.717, 1.165) is 10.9 Å². The first-order chi connectivity index (χ1) is 8.69. The number of carboxylic acids is 1. The molecule has 2 N–H and O–H groups in total. The molecule has 0 aliphatic rings. The van der Waals surface area contributed by atoms with E-state index in [4.69, 9.17) is 9.84 Å². The number of benzene rings is 1. The lowest BCUT2D eigenvalue weighted by Crippen LogP contribution is -2.09. The van der Waals surface area contributed by atoms with Gasteiger partial charge < -0.3 is 19.5 Å². The average Bonchev–Trinajstić information content (AvgIpc) is 2.75. The fourth-order valence-electron chi connectivity index (χ4n) is 2.09. The largest absolute Gasteiger partial charge is 0.495 e. The molecule has 0 unspecified atom stereocenters. The zero-order valence-electron chi connectivity index (χ0n) is 10.1. The topological polar surface area (TPSA) is 71.7 Å². The molecule has 2 aromatic rings. The Balaban J connectivity index is 2.66. The van der Waals surface area contributed by atoms with Crippen LogP contribution in [0, 0.1) is 0 Å². The van der Waals surface area contributed by atoms with Gasteiger partial charge in [0.25, 0.3) is 0 Å². The van der Waals surface area contributed by atoms with Crippen molar-refractivity contribution in [1.29, 1.82) is 0 Å². The van der Waals surface area contributed by atoms with Gasteiger partial charge >= 0.3 is 5.97 Å². The molecule has 0 radical (unpaired) electrons. The molecule has 5 nitrogen and oxygen atoms in total. The molecule has 0 saturated carbocycles. The number of aromatic nitrogens is 1.